The van der Waals surface area contributed by atoms with Crippen LogP contribution in [-0.4, -0.2) is 10.1 Å². The highest BCUT2D eigenvalue weighted by Crippen LogP contribution is 2.31. The number of aromatic nitrogens is 2. The number of thiophene rings is 1. The van der Waals surface area contributed by atoms with Crippen molar-refractivity contribution in [2.75, 3.05) is 0 Å². The monoisotopic (exact) mass is 374 g/mol. The second-order valence-corrected chi connectivity index (χ2v) is 6.53. The Morgan fingerprint density at radius 1 is 1.32 bits per heavy atom. The summed E-state index contributed by atoms with van der Waals surface area (Å²) >= 11 is 7.81. The Morgan fingerprint density at radius 3 is 3.00 bits per heavy atom. The molecule has 0 amide bonds. The summed E-state index contributed by atoms with van der Waals surface area (Å²) in [5.74, 6) is 1.21. The molecular formula is C17H11ClN2O4S. The standard InChI is InChI=1S/C17H11ClN2O4S/c1-9-4-16(21)23-13-6-14(12(18)5-11(9)13)22-7-15-19-17(24-20-15)10-2-3-25-8-10/h2-6,8H,7H2,1H3. The van der Waals surface area contributed by atoms with Gasteiger partial charge in [0.15, 0.2) is 6.61 Å². The fourth-order valence-corrected chi connectivity index (χ4v) is 3.24. The van der Waals surface area contributed by atoms with Crippen molar-refractivity contribution < 1.29 is 13.7 Å². The summed E-state index contributed by atoms with van der Waals surface area (Å²) < 4.78 is 16.1. The van der Waals surface area contributed by atoms with Crippen LogP contribution in [0.15, 0.2) is 48.8 Å². The third kappa shape index (κ3) is 3.16. The third-order valence-electron chi connectivity index (χ3n) is 3.60. The lowest BCUT2D eigenvalue weighted by atomic mass is 10.1. The predicted octanol–water partition coefficient (Wildman–Crippen LogP) is 4.45. The highest BCUT2D eigenvalue weighted by Gasteiger charge is 2.12. The van der Waals surface area contributed by atoms with Crippen molar-refractivity contribution in [3.05, 3.63) is 61.9 Å². The van der Waals surface area contributed by atoms with E-state index >= 15 is 0 Å². The lowest BCUT2D eigenvalue weighted by Crippen LogP contribution is -2.00. The molecule has 0 saturated carbocycles. The maximum Gasteiger partial charge on any atom is 0.336 e. The van der Waals surface area contributed by atoms with Gasteiger partial charge in [0.1, 0.15) is 11.3 Å². The molecule has 3 aromatic heterocycles. The predicted molar refractivity (Wildman–Crippen MR) is 94.2 cm³/mol. The van der Waals surface area contributed by atoms with Gasteiger partial charge in [0.2, 0.25) is 5.82 Å². The Labute approximate surface area is 150 Å². The zero-order valence-electron chi connectivity index (χ0n) is 13.0. The number of benzene rings is 1. The van der Waals surface area contributed by atoms with Crippen LogP contribution in [0.2, 0.25) is 5.02 Å². The minimum atomic E-state index is -0.420. The van der Waals surface area contributed by atoms with Crippen molar-refractivity contribution in [3.63, 3.8) is 0 Å². The molecule has 0 radical (unpaired) electrons. The van der Waals surface area contributed by atoms with Crippen LogP contribution < -0.4 is 10.4 Å². The highest BCUT2D eigenvalue weighted by molar-refractivity contribution is 7.08. The smallest absolute Gasteiger partial charge is 0.336 e. The van der Waals surface area contributed by atoms with Crippen molar-refractivity contribution in [1.82, 2.24) is 10.1 Å². The summed E-state index contributed by atoms with van der Waals surface area (Å²) in [6.45, 7) is 1.90. The van der Waals surface area contributed by atoms with Crippen molar-refractivity contribution in [1.29, 1.82) is 0 Å². The van der Waals surface area contributed by atoms with E-state index in [1.54, 1.807) is 23.5 Å². The molecule has 0 atom stereocenters. The van der Waals surface area contributed by atoms with E-state index in [1.165, 1.54) is 6.07 Å². The summed E-state index contributed by atoms with van der Waals surface area (Å²) in [6, 6.07) is 6.61. The van der Waals surface area contributed by atoms with E-state index in [0.717, 1.165) is 16.5 Å². The summed E-state index contributed by atoms with van der Waals surface area (Å²) in [5.41, 5.74) is 1.65. The van der Waals surface area contributed by atoms with E-state index in [2.05, 4.69) is 10.1 Å². The molecule has 6 nitrogen and oxygen atoms in total. The van der Waals surface area contributed by atoms with Gasteiger partial charge in [0.05, 0.1) is 10.6 Å². The van der Waals surface area contributed by atoms with E-state index in [-0.39, 0.29) is 6.61 Å². The Balaban J connectivity index is 1.59. The van der Waals surface area contributed by atoms with Crippen molar-refractivity contribution in [2.45, 2.75) is 13.5 Å². The van der Waals surface area contributed by atoms with E-state index < -0.39 is 5.63 Å². The van der Waals surface area contributed by atoms with E-state index in [0.29, 0.717) is 28.1 Å². The maximum absolute atomic E-state index is 11.5. The quantitative estimate of drug-likeness (QED) is 0.491. The molecule has 1 aromatic carbocycles. The van der Waals surface area contributed by atoms with Gasteiger partial charge in [-0.15, -0.1) is 0 Å². The Hall–Kier alpha value is -2.64. The number of rotatable bonds is 4. The Kier molecular flexibility index (Phi) is 4.03. The number of nitrogens with zero attached hydrogens (tertiary/aromatic N) is 2. The van der Waals surface area contributed by atoms with Gasteiger partial charge in [-0.05, 0) is 30.0 Å². The third-order valence-corrected chi connectivity index (χ3v) is 4.58. The molecule has 25 heavy (non-hydrogen) atoms. The van der Waals surface area contributed by atoms with Gasteiger partial charge in [-0.3, -0.25) is 0 Å². The van der Waals surface area contributed by atoms with Gasteiger partial charge >= 0.3 is 5.63 Å². The van der Waals surface area contributed by atoms with Crippen LogP contribution in [-0.2, 0) is 6.61 Å². The van der Waals surface area contributed by atoms with E-state index in [1.807, 2.05) is 23.8 Å². The Morgan fingerprint density at radius 2 is 2.20 bits per heavy atom. The molecule has 0 aliphatic heterocycles. The van der Waals surface area contributed by atoms with Crippen molar-refractivity contribution in [2.24, 2.45) is 0 Å². The first-order chi connectivity index (χ1) is 12.1. The maximum atomic E-state index is 11.5. The summed E-state index contributed by atoms with van der Waals surface area (Å²) in [7, 11) is 0. The lowest BCUT2D eigenvalue weighted by Gasteiger charge is -2.08. The molecule has 8 heteroatoms. The summed E-state index contributed by atoms with van der Waals surface area (Å²) in [5, 5.41) is 8.90. The number of halogens is 1. The number of ether oxygens (including phenoxy) is 1. The van der Waals surface area contributed by atoms with Gasteiger partial charge in [-0.25, -0.2) is 4.79 Å². The van der Waals surface area contributed by atoms with Gasteiger partial charge in [0, 0.05) is 22.9 Å². The van der Waals surface area contributed by atoms with Crippen LogP contribution in [0.1, 0.15) is 11.4 Å². The van der Waals surface area contributed by atoms with Crippen LogP contribution in [0.3, 0.4) is 0 Å². The largest absolute Gasteiger partial charge is 0.484 e. The molecule has 0 fully saturated rings. The first kappa shape index (κ1) is 15.9. The topological polar surface area (TPSA) is 78.4 Å². The molecule has 126 valence electrons. The molecule has 4 rings (SSSR count). The molecule has 3 heterocycles. The molecule has 0 saturated heterocycles. The molecule has 4 aromatic rings. The van der Waals surface area contributed by atoms with Crippen LogP contribution >= 0.6 is 22.9 Å². The summed E-state index contributed by atoms with van der Waals surface area (Å²) in [4.78, 5) is 15.8. The molecule has 0 bridgehead atoms. The van der Waals surface area contributed by atoms with Crippen LogP contribution in [0, 0.1) is 6.92 Å². The molecule has 0 unspecified atom stereocenters. The zero-order valence-corrected chi connectivity index (χ0v) is 14.6. The fraction of sp³-hybridized carbons (Fsp3) is 0.118. The van der Waals surface area contributed by atoms with Gasteiger partial charge in [0.25, 0.3) is 5.89 Å². The highest BCUT2D eigenvalue weighted by atomic mass is 35.5. The first-order valence-electron chi connectivity index (χ1n) is 7.32. The normalized spacial score (nSPS) is 11.1. The molecule has 0 spiro atoms. The average Bonchev–Trinajstić information content (AvgIpc) is 3.25. The second-order valence-electron chi connectivity index (χ2n) is 5.34. The molecular weight excluding hydrogens is 364 g/mol. The Bertz CT molecular complexity index is 1100. The average molecular weight is 375 g/mol. The number of hydrogen-bond donors (Lipinski definition) is 0. The lowest BCUT2D eigenvalue weighted by molar-refractivity contribution is 0.287. The van der Waals surface area contributed by atoms with Crippen LogP contribution in [0.5, 0.6) is 5.75 Å². The number of hydrogen-bond acceptors (Lipinski definition) is 7. The fourth-order valence-electron chi connectivity index (χ4n) is 2.39. The van der Waals surface area contributed by atoms with E-state index in [4.69, 9.17) is 25.3 Å². The number of fused-ring (bicyclic) bond motifs is 1. The SMILES string of the molecule is Cc1cc(=O)oc2cc(OCc3noc(-c4ccsc4)n3)c(Cl)cc12. The van der Waals surface area contributed by atoms with Gasteiger partial charge < -0.3 is 13.7 Å². The second kappa shape index (κ2) is 6.34. The van der Waals surface area contributed by atoms with Crippen LogP contribution in [0.25, 0.3) is 22.4 Å². The van der Waals surface area contributed by atoms with Gasteiger partial charge in [-0.2, -0.15) is 16.3 Å². The molecule has 0 aliphatic carbocycles. The minimum Gasteiger partial charge on any atom is -0.484 e. The molecule has 0 aliphatic rings. The summed E-state index contributed by atoms with van der Waals surface area (Å²) in [6.07, 6.45) is 0. The zero-order chi connectivity index (χ0) is 17.4. The van der Waals surface area contributed by atoms with Crippen LogP contribution in [0.4, 0.5) is 0 Å². The number of aryl methyl sites for hydroxylation is 1. The van der Waals surface area contributed by atoms with Gasteiger partial charge in [-0.1, -0.05) is 16.8 Å². The molecule has 0 N–H and O–H groups in total. The van der Waals surface area contributed by atoms with Crippen molar-refractivity contribution >= 4 is 33.9 Å². The van der Waals surface area contributed by atoms with Crippen molar-refractivity contribution in [3.8, 4) is 17.2 Å². The van der Waals surface area contributed by atoms with E-state index in [9.17, 15) is 4.79 Å². The minimum absolute atomic E-state index is 0.0783. The first-order valence-corrected chi connectivity index (χ1v) is 8.64.